The zero-order valence-corrected chi connectivity index (χ0v) is 17.7. The van der Waals surface area contributed by atoms with Crippen molar-refractivity contribution in [2.45, 2.75) is 0 Å². The van der Waals surface area contributed by atoms with Gasteiger partial charge in [0, 0.05) is 24.1 Å². The fraction of sp³-hybridized carbons (Fsp3) is 0.100. The molecule has 3 aromatic rings. The Morgan fingerprint density at radius 3 is 2.57 bits per heavy atom. The van der Waals surface area contributed by atoms with Crippen molar-refractivity contribution in [2.24, 2.45) is 0 Å². The van der Waals surface area contributed by atoms with Gasteiger partial charge in [-0.25, -0.2) is 0 Å². The number of carbonyl (C=O) groups is 1. The van der Waals surface area contributed by atoms with E-state index in [1.54, 1.807) is 50.5 Å². The van der Waals surface area contributed by atoms with Crippen molar-refractivity contribution in [3.05, 3.63) is 58.1 Å². The summed E-state index contributed by atoms with van der Waals surface area (Å²) in [7, 11) is 3.31. The Morgan fingerprint density at radius 1 is 1.10 bits per heavy atom. The summed E-state index contributed by atoms with van der Waals surface area (Å²) in [5.41, 5.74) is 12.7. The molecule has 152 valence electrons. The maximum Gasteiger partial charge on any atom is 0.327 e. The highest BCUT2D eigenvalue weighted by Gasteiger charge is 2.15. The maximum absolute atomic E-state index is 12.1. The van der Waals surface area contributed by atoms with E-state index in [2.05, 4.69) is 25.9 Å². The average molecular weight is 469 g/mol. The quantitative estimate of drug-likeness (QED) is 0.578. The normalized spacial score (nSPS) is 10.2. The highest BCUT2D eigenvalue weighted by molar-refractivity contribution is 9.10. The third-order valence-electron chi connectivity index (χ3n) is 3.83. The van der Waals surface area contributed by atoms with Crippen LogP contribution in [0.4, 0.5) is 11.5 Å². The number of aromatic nitrogens is 2. The topological polar surface area (TPSA) is 140 Å². The molecule has 0 spiro atoms. The van der Waals surface area contributed by atoms with Gasteiger partial charge in [0.1, 0.15) is 17.2 Å². The van der Waals surface area contributed by atoms with Crippen LogP contribution in [-0.2, 0) is 0 Å². The van der Waals surface area contributed by atoms with Crippen molar-refractivity contribution in [3.63, 3.8) is 0 Å². The van der Waals surface area contributed by atoms with Crippen LogP contribution in [0.2, 0.25) is 0 Å². The molecule has 0 saturated carbocycles. The van der Waals surface area contributed by atoms with E-state index >= 15 is 0 Å². The van der Waals surface area contributed by atoms with Gasteiger partial charge in [-0.15, -0.1) is 0 Å². The smallest absolute Gasteiger partial charge is 0.327 e. The number of benzene rings is 2. The molecule has 0 fully saturated rings. The summed E-state index contributed by atoms with van der Waals surface area (Å²) >= 11 is 3.31. The summed E-state index contributed by atoms with van der Waals surface area (Å²) < 4.78 is 12.0. The van der Waals surface area contributed by atoms with Crippen molar-refractivity contribution in [3.8, 4) is 29.5 Å². The molecule has 9 nitrogen and oxygen atoms in total. The molecule has 10 heteroatoms. The van der Waals surface area contributed by atoms with Gasteiger partial charge < -0.3 is 25.8 Å². The van der Waals surface area contributed by atoms with Gasteiger partial charge in [0.2, 0.25) is 0 Å². The van der Waals surface area contributed by atoms with Crippen molar-refractivity contribution in [1.29, 1.82) is 5.26 Å². The number of hydrogen-bond donors (Lipinski definition) is 2. The van der Waals surface area contributed by atoms with Crippen LogP contribution in [-0.4, -0.2) is 34.9 Å². The standard InChI is InChI=1S/C20H17BrN6O3/c1-27(2)19(28)12-4-3-5-14(8-12)30-20-25-17(24)16(23)18(26-20)29-15-7-11(10-22)6-13(21)9-15/h3-9H,23H2,1-2H3,(H2,24,25,26). The Morgan fingerprint density at radius 2 is 1.87 bits per heavy atom. The highest BCUT2D eigenvalue weighted by atomic mass is 79.9. The summed E-state index contributed by atoms with van der Waals surface area (Å²) in [6.07, 6.45) is 0. The molecule has 0 aliphatic heterocycles. The lowest BCUT2D eigenvalue weighted by Crippen LogP contribution is -2.21. The van der Waals surface area contributed by atoms with Gasteiger partial charge in [0.25, 0.3) is 11.8 Å². The van der Waals surface area contributed by atoms with Crippen molar-refractivity contribution in [2.75, 3.05) is 25.6 Å². The third-order valence-corrected chi connectivity index (χ3v) is 4.29. The first-order valence-corrected chi connectivity index (χ1v) is 9.37. The Hall–Kier alpha value is -3.84. The zero-order valence-electron chi connectivity index (χ0n) is 16.1. The lowest BCUT2D eigenvalue weighted by atomic mass is 10.2. The molecule has 1 heterocycles. The number of amides is 1. The molecule has 30 heavy (non-hydrogen) atoms. The van der Waals surface area contributed by atoms with Crippen LogP contribution in [0.1, 0.15) is 15.9 Å². The van der Waals surface area contributed by atoms with Crippen molar-refractivity contribution in [1.82, 2.24) is 14.9 Å². The molecule has 4 N–H and O–H groups in total. The van der Waals surface area contributed by atoms with E-state index in [1.807, 2.05) is 6.07 Å². The Labute approximate surface area is 181 Å². The van der Waals surface area contributed by atoms with E-state index in [-0.39, 0.29) is 29.3 Å². The third kappa shape index (κ3) is 4.76. The molecular formula is C20H17BrN6O3. The predicted octanol–water partition coefficient (Wildman–Crippen LogP) is 3.56. The minimum absolute atomic E-state index is 0.0253. The number of carbonyl (C=O) groups excluding carboxylic acids is 1. The molecule has 2 aromatic carbocycles. The molecule has 0 saturated heterocycles. The summed E-state index contributed by atoms with van der Waals surface area (Å²) in [4.78, 5) is 21.8. The van der Waals surface area contributed by atoms with Gasteiger partial charge in [0.05, 0.1) is 11.6 Å². The first-order valence-electron chi connectivity index (χ1n) is 8.58. The predicted molar refractivity (Wildman–Crippen MR) is 114 cm³/mol. The van der Waals surface area contributed by atoms with Gasteiger partial charge in [-0.1, -0.05) is 22.0 Å². The molecule has 3 rings (SSSR count). The van der Waals surface area contributed by atoms with Crippen LogP contribution in [0.25, 0.3) is 0 Å². The molecule has 0 atom stereocenters. The van der Waals surface area contributed by atoms with Gasteiger partial charge in [-0.3, -0.25) is 4.79 Å². The molecule has 0 unspecified atom stereocenters. The lowest BCUT2D eigenvalue weighted by Gasteiger charge is -2.13. The number of rotatable bonds is 5. The minimum atomic E-state index is -0.176. The lowest BCUT2D eigenvalue weighted by molar-refractivity contribution is 0.0827. The van der Waals surface area contributed by atoms with Crippen molar-refractivity contribution >= 4 is 33.3 Å². The minimum Gasteiger partial charge on any atom is -0.437 e. The van der Waals surface area contributed by atoms with E-state index in [9.17, 15) is 4.79 Å². The second kappa shape index (κ2) is 8.67. The van der Waals surface area contributed by atoms with E-state index in [0.29, 0.717) is 27.1 Å². The van der Waals surface area contributed by atoms with Crippen LogP contribution < -0.4 is 20.9 Å². The van der Waals surface area contributed by atoms with E-state index in [0.717, 1.165) is 0 Å². The fourth-order valence-electron chi connectivity index (χ4n) is 2.42. The Balaban J connectivity index is 1.91. The number of nitrogens with two attached hydrogens (primary N) is 2. The number of nitrogens with zero attached hydrogens (tertiary/aromatic N) is 4. The summed E-state index contributed by atoms with van der Waals surface area (Å²) in [5.74, 6) is 0.429. The van der Waals surface area contributed by atoms with Crippen LogP contribution in [0.5, 0.6) is 23.4 Å². The van der Waals surface area contributed by atoms with Gasteiger partial charge in [-0.2, -0.15) is 15.2 Å². The van der Waals surface area contributed by atoms with Gasteiger partial charge in [0.15, 0.2) is 5.82 Å². The molecule has 0 bridgehead atoms. The number of hydrogen-bond acceptors (Lipinski definition) is 8. The van der Waals surface area contributed by atoms with Gasteiger partial charge >= 0.3 is 6.01 Å². The maximum atomic E-state index is 12.1. The van der Waals surface area contributed by atoms with E-state index in [1.165, 1.54) is 11.0 Å². The van der Waals surface area contributed by atoms with Gasteiger partial charge in [-0.05, 0) is 36.4 Å². The number of halogens is 1. The molecule has 1 amide bonds. The first kappa shape index (κ1) is 20.9. The van der Waals surface area contributed by atoms with Crippen molar-refractivity contribution < 1.29 is 14.3 Å². The van der Waals surface area contributed by atoms with E-state index < -0.39 is 0 Å². The number of ether oxygens (including phenoxy) is 2. The number of nitrogen functional groups attached to an aromatic ring is 2. The van der Waals surface area contributed by atoms with Crippen LogP contribution in [0.3, 0.4) is 0 Å². The number of anilines is 2. The fourth-order valence-corrected chi connectivity index (χ4v) is 2.89. The largest absolute Gasteiger partial charge is 0.437 e. The molecule has 0 aliphatic rings. The zero-order chi connectivity index (χ0) is 21.8. The molecule has 0 aliphatic carbocycles. The SMILES string of the molecule is CN(C)C(=O)c1cccc(Oc2nc(N)c(N)c(Oc3cc(Br)cc(C#N)c3)n2)c1. The molecule has 1 aromatic heterocycles. The Kier molecular flexibility index (Phi) is 6.03. The Bertz CT molecular complexity index is 1160. The van der Waals surface area contributed by atoms with Crippen LogP contribution in [0, 0.1) is 11.3 Å². The second-order valence-electron chi connectivity index (χ2n) is 6.33. The monoisotopic (exact) mass is 468 g/mol. The molecular weight excluding hydrogens is 452 g/mol. The van der Waals surface area contributed by atoms with E-state index in [4.69, 9.17) is 26.2 Å². The molecule has 0 radical (unpaired) electrons. The summed E-state index contributed by atoms with van der Waals surface area (Å²) in [5, 5.41) is 9.11. The number of nitriles is 1. The highest BCUT2D eigenvalue weighted by Crippen LogP contribution is 2.33. The van der Waals surface area contributed by atoms with Crippen LogP contribution >= 0.6 is 15.9 Å². The first-order chi connectivity index (χ1) is 14.3. The second-order valence-corrected chi connectivity index (χ2v) is 7.24. The summed E-state index contributed by atoms with van der Waals surface area (Å²) in [6.45, 7) is 0. The average Bonchev–Trinajstić information content (AvgIpc) is 2.70. The van der Waals surface area contributed by atoms with Crippen LogP contribution in [0.15, 0.2) is 46.9 Å². The summed E-state index contributed by atoms with van der Waals surface area (Å²) in [6, 6.07) is 13.3.